The van der Waals surface area contributed by atoms with E-state index in [0.29, 0.717) is 23.3 Å². The standard InChI is InChI=1S/C25H35FN4O2S/c1-2-3-4-10-17-30-23(18-32-22-14-9-8-13-21(22)26)28-29-25(30)33-19-24(31)27-16-15-20-11-6-5-7-12-20/h8-9,11,13-14H,2-7,10,12,15-19H2,1H3,(H,27,31). The first kappa shape index (κ1) is 25.3. The summed E-state index contributed by atoms with van der Waals surface area (Å²) in [6.45, 7) is 3.73. The zero-order chi connectivity index (χ0) is 23.3. The summed E-state index contributed by atoms with van der Waals surface area (Å²) in [4.78, 5) is 12.3. The fraction of sp³-hybridized carbons (Fsp3) is 0.560. The third-order valence-corrected chi connectivity index (χ3v) is 6.67. The number of amides is 1. The van der Waals surface area contributed by atoms with Crippen molar-refractivity contribution < 1.29 is 13.9 Å². The molecule has 0 saturated carbocycles. The van der Waals surface area contributed by atoms with Gasteiger partial charge in [0.2, 0.25) is 5.91 Å². The lowest BCUT2D eigenvalue weighted by Gasteiger charge is -2.13. The minimum atomic E-state index is -0.401. The molecule has 3 rings (SSSR count). The zero-order valence-corrected chi connectivity index (χ0v) is 20.3. The Labute approximate surface area is 200 Å². The summed E-state index contributed by atoms with van der Waals surface area (Å²) < 4.78 is 21.5. The second kappa shape index (κ2) is 14.0. The number of unbranched alkanes of at least 4 members (excludes halogenated alkanes) is 3. The quantitative estimate of drug-likeness (QED) is 0.217. The van der Waals surface area contributed by atoms with Gasteiger partial charge in [-0.05, 0) is 50.7 Å². The van der Waals surface area contributed by atoms with E-state index in [2.05, 4.69) is 28.5 Å². The monoisotopic (exact) mass is 474 g/mol. The first-order chi connectivity index (χ1) is 16.2. The number of ether oxygens (including phenoxy) is 1. The zero-order valence-electron chi connectivity index (χ0n) is 19.5. The highest BCUT2D eigenvalue weighted by molar-refractivity contribution is 7.99. The van der Waals surface area contributed by atoms with E-state index in [1.165, 1.54) is 42.7 Å². The van der Waals surface area contributed by atoms with Crippen LogP contribution in [0.3, 0.4) is 0 Å². The molecule has 1 aliphatic carbocycles. The van der Waals surface area contributed by atoms with E-state index in [0.717, 1.165) is 45.1 Å². The molecule has 6 nitrogen and oxygen atoms in total. The molecule has 1 amide bonds. The van der Waals surface area contributed by atoms with Crippen molar-refractivity contribution in [2.75, 3.05) is 12.3 Å². The molecule has 0 bridgehead atoms. The van der Waals surface area contributed by atoms with Crippen LogP contribution in [-0.4, -0.2) is 33.0 Å². The Balaban J connectivity index is 1.53. The maximum atomic E-state index is 13.9. The van der Waals surface area contributed by atoms with Crippen LogP contribution in [0.4, 0.5) is 4.39 Å². The van der Waals surface area contributed by atoms with Crippen LogP contribution in [0.25, 0.3) is 0 Å². The summed E-state index contributed by atoms with van der Waals surface area (Å²) in [5.74, 6) is 0.727. The predicted octanol–water partition coefficient (Wildman–Crippen LogP) is 5.68. The molecule has 0 fully saturated rings. The SMILES string of the molecule is CCCCCCn1c(COc2ccccc2F)nnc1SCC(=O)NCCC1=CCCCC1. The average Bonchev–Trinajstić information content (AvgIpc) is 3.22. The topological polar surface area (TPSA) is 69.0 Å². The lowest BCUT2D eigenvalue weighted by Crippen LogP contribution is -2.26. The summed E-state index contributed by atoms with van der Waals surface area (Å²) >= 11 is 1.38. The van der Waals surface area contributed by atoms with E-state index >= 15 is 0 Å². The number of carbonyl (C=O) groups excluding carboxylic acids is 1. The molecule has 1 aliphatic rings. The summed E-state index contributed by atoms with van der Waals surface area (Å²) in [7, 11) is 0. The molecule has 0 radical (unpaired) electrons. The maximum Gasteiger partial charge on any atom is 0.230 e. The highest BCUT2D eigenvalue weighted by Crippen LogP contribution is 2.22. The van der Waals surface area contributed by atoms with Gasteiger partial charge in [-0.15, -0.1) is 10.2 Å². The van der Waals surface area contributed by atoms with Gasteiger partial charge in [0.05, 0.1) is 5.75 Å². The third kappa shape index (κ3) is 8.50. The van der Waals surface area contributed by atoms with E-state index in [9.17, 15) is 9.18 Å². The fourth-order valence-corrected chi connectivity index (χ4v) is 4.65. The van der Waals surface area contributed by atoms with Gasteiger partial charge in [-0.1, -0.05) is 61.7 Å². The predicted molar refractivity (Wildman–Crippen MR) is 130 cm³/mol. The van der Waals surface area contributed by atoms with Crippen molar-refractivity contribution in [1.82, 2.24) is 20.1 Å². The van der Waals surface area contributed by atoms with Crippen molar-refractivity contribution in [1.29, 1.82) is 0 Å². The van der Waals surface area contributed by atoms with Gasteiger partial charge in [-0.2, -0.15) is 0 Å². The molecule has 180 valence electrons. The van der Waals surface area contributed by atoms with Crippen LogP contribution >= 0.6 is 11.8 Å². The van der Waals surface area contributed by atoms with Crippen LogP contribution < -0.4 is 10.1 Å². The number of benzene rings is 1. The Morgan fingerprint density at radius 3 is 2.88 bits per heavy atom. The van der Waals surface area contributed by atoms with Gasteiger partial charge < -0.3 is 14.6 Å². The highest BCUT2D eigenvalue weighted by Gasteiger charge is 2.15. The molecule has 0 atom stereocenters. The molecule has 1 N–H and O–H groups in total. The summed E-state index contributed by atoms with van der Waals surface area (Å²) in [6, 6.07) is 6.33. The Hall–Kier alpha value is -2.35. The van der Waals surface area contributed by atoms with Crippen molar-refractivity contribution in [2.45, 2.75) is 83.0 Å². The van der Waals surface area contributed by atoms with Gasteiger partial charge >= 0.3 is 0 Å². The van der Waals surface area contributed by atoms with Crippen LogP contribution in [0.1, 0.15) is 70.5 Å². The minimum Gasteiger partial charge on any atom is -0.483 e. The molecule has 33 heavy (non-hydrogen) atoms. The maximum absolute atomic E-state index is 13.9. The van der Waals surface area contributed by atoms with Crippen molar-refractivity contribution in [2.24, 2.45) is 0 Å². The number of hydrogen-bond acceptors (Lipinski definition) is 5. The Morgan fingerprint density at radius 1 is 1.21 bits per heavy atom. The molecule has 0 aliphatic heterocycles. The molecule has 1 heterocycles. The highest BCUT2D eigenvalue weighted by atomic mass is 32.2. The molecule has 1 aromatic heterocycles. The van der Waals surface area contributed by atoms with Crippen LogP contribution in [-0.2, 0) is 17.9 Å². The molecular weight excluding hydrogens is 439 g/mol. The van der Waals surface area contributed by atoms with Crippen LogP contribution in [0.5, 0.6) is 5.75 Å². The van der Waals surface area contributed by atoms with Crippen molar-refractivity contribution in [3.8, 4) is 5.75 Å². The number of hydrogen-bond donors (Lipinski definition) is 1. The summed E-state index contributed by atoms with van der Waals surface area (Å²) in [5.41, 5.74) is 1.46. The van der Waals surface area contributed by atoms with E-state index in [-0.39, 0.29) is 18.3 Å². The van der Waals surface area contributed by atoms with E-state index < -0.39 is 5.82 Å². The second-order valence-electron chi connectivity index (χ2n) is 8.33. The van der Waals surface area contributed by atoms with Gasteiger partial charge in [0.15, 0.2) is 22.5 Å². The van der Waals surface area contributed by atoms with Gasteiger partial charge in [0, 0.05) is 13.1 Å². The van der Waals surface area contributed by atoms with Crippen LogP contribution in [0.2, 0.25) is 0 Å². The first-order valence-corrected chi connectivity index (χ1v) is 13.0. The molecule has 2 aromatic rings. The number of nitrogens with one attached hydrogen (secondary N) is 1. The van der Waals surface area contributed by atoms with Crippen molar-refractivity contribution >= 4 is 17.7 Å². The fourth-order valence-electron chi connectivity index (χ4n) is 3.83. The number of nitrogens with zero attached hydrogens (tertiary/aromatic N) is 3. The Kier molecular flexibility index (Phi) is 10.7. The van der Waals surface area contributed by atoms with E-state index in [4.69, 9.17) is 4.74 Å². The van der Waals surface area contributed by atoms with Crippen molar-refractivity contribution in [3.05, 3.63) is 47.6 Å². The molecule has 0 unspecified atom stereocenters. The van der Waals surface area contributed by atoms with E-state index in [1.54, 1.807) is 18.2 Å². The van der Waals surface area contributed by atoms with Crippen LogP contribution in [0.15, 0.2) is 41.1 Å². The van der Waals surface area contributed by atoms with E-state index in [1.807, 2.05) is 4.57 Å². The minimum absolute atomic E-state index is 0.00102. The van der Waals surface area contributed by atoms with Gasteiger partial charge in [0.25, 0.3) is 0 Å². The smallest absolute Gasteiger partial charge is 0.230 e. The number of halogens is 1. The first-order valence-electron chi connectivity index (χ1n) is 12.0. The van der Waals surface area contributed by atoms with Crippen LogP contribution in [0, 0.1) is 5.82 Å². The Morgan fingerprint density at radius 2 is 2.09 bits per heavy atom. The lowest BCUT2D eigenvalue weighted by molar-refractivity contribution is -0.118. The third-order valence-electron chi connectivity index (χ3n) is 5.71. The number of para-hydroxylation sites is 1. The lowest BCUT2D eigenvalue weighted by atomic mass is 9.97. The largest absolute Gasteiger partial charge is 0.483 e. The summed E-state index contributed by atoms with van der Waals surface area (Å²) in [5, 5.41) is 12.3. The molecule has 1 aromatic carbocycles. The number of aromatic nitrogens is 3. The number of allylic oxidation sites excluding steroid dienone is 1. The Bertz CT molecular complexity index is 916. The molecule has 8 heteroatoms. The molecule has 0 spiro atoms. The number of rotatable bonds is 14. The normalized spacial score (nSPS) is 13.6. The van der Waals surface area contributed by atoms with Gasteiger partial charge in [-0.25, -0.2) is 4.39 Å². The number of carbonyl (C=O) groups is 1. The summed E-state index contributed by atoms with van der Waals surface area (Å²) in [6.07, 6.45) is 12.5. The van der Waals surface area contributed by atoms with Gasteiger partial charge in [0.1, 0.15) is 6.61 Å². The number of thioether (sulfide) groups is 1. The second-order valence-corrected chi connectivity index (χ2v) is 9.27. The van der Waals surface area contributed by atoms with Gasteiger partial charge in [-0.3, -0.25) is 4.79 Å². The molecular formula is C25H35FN4O2S. The molecule has 0 saturated heterocycles. The average molecular weight is 475 g/mol. The van der Waals surface area contributed by atoms with Crippen molar-refractivity contribution in [3.63, 3.8) is 0 Å².